The summed E-state index contributed by atoms with van der Waals surface area (Å²) in [5.41, 5.74) is 1.37. The van der Waals surface area contributed by atoms with Crippen LogP contribution in [0.5, 0.6) is 11.5 Å². The average molecular weight is 1060 g/mol. The molecule has 1 aromatic heterocycles. The van der Waals surface area contributed by atoms with E-state index in [0.717, 1.165) is 72.2 Å². The van der Waals surface area contributed by atoms with Crippen molar-refractivity contribution >= 4 is 92.1 Å². The van der Waals surface area contributed by atoms with Gasteiger partial charge in [0.05, 0.1) is 66.6 Å². The van der Waals surface area contributed by atoms with Gasteiger partial charge in [-0.25, -0.2) is 0 Å². The molecule has 3 aromatic rings. The SMILES string of the molecule is CC(C)(C)C(=S)NCCC(=O)O.CC(C)(C)C(=S)NCCCN1CCOCC1.CC(C)(C)C(=S)NCc1ccco1.CC(C)(C)C(=S)Nc1ccccc1.COc1cc(NC(=O)C(C)(C)C)cc(OC)c1. The molecule has 71 heavy (non-hydrogen) atoms. The average Bonchev–Trinajstić information content (AvgIpc) is 3.80. The molecular weight excluding hydrogens is 973 g/mol. The minimum Gasteiger partial charge on any atom is -0.497 e. The molecule has 6 N–H and O–H groups in total. The predicted octanol–water partition coefficient (Wildman–Crippen LogP) is 12.0. The van der Waals surface area contributed by atoms with Crippen LogP contribution in [0.1, 0.15) is 122 Å². The summed E-state index contributed by atoms with van der Waals surface area (Å²) < 4.78 is 20.8. The Morgan fingerprint density at radius 3 is 1.51 bits per heavy atom. The van der Waals surface area contributed by atoms with Crippen LogP contribution < -0.4 is 36.1 Å². The van der Waals surface area contributed by atoms with Crippen LogP contribution in [-0.4, -0.2) is 102 Å². The Morgan fingerprint density at radius 2 is 1.08 bits per heavy atom. The Kier molecular flexibility index (Phi) is 30.8. The number of nitrogens with one attached hydrogen (secondary N) is 5. The molecule has 400 valence electrons. The largest absolute Gasteiger partial charge is 0.497 e. The van der Waals surface area contributed by atoms with E-state index in [0.29, 0.717) is 35.3 Å². The summed E-state index contributed by atoms with van der Waals surface area (Å²) in [5.74, 6) is 1.35. The smallest absolute Gasteiger partial charge is 0.305 e. The van der Waals surface area contributed by atoms with Crippen molar-refractivity contribution in [3.05, 3.63) is 72.7 Å². The lowest BCUT2D eigenvalue weighted by Crippen LogP contribution is -2.39. The van der Waals surface area contributed by atoms with Crippen LogP contribution >= 0.6 is 48.9 Å². The molecule has 0 spiro atoms. The summed E-state index contributed by atoms with van der Waals surface area (Å²) in [6.45, 7) is 37.7. The maximum absolute atomic E-state index is 11.8. The van der Waals surface area contributed by atoms with Crippen LogP contribution in [0.3, 0.4) is 0 Å². The molecule has 0 unspecified atom stereocenters. The van der Waals surface area contributed by atoms with Gasteiger partial charge in [-0.15, -0.1) is 0 Å². The monoisotopic (exact) mass is 1060 g/mol. The van der Waals surface area contributed by atoms with Crippen LogP contribution in [0.2, 0.25) is 0 Å². The van der Waals surface area contributed by atoms with E-state index >= 15 is 0 Å². The fourth-order valence-electron chi connectivity index (χ4n) is 5.03. The Labute approximate surface area is 449 Å². The maximum Gasteiger partial charge on any atom is 0.305 e. The molecule has 1 amide bonds. The summed E-state index contributed by atoms with van der Waals surface area (Å²) >= 11 is 20.8. The summed E-state index contributed by atoms with van der Waals surface area (Å²) in [5, 5.41) is 23.8. The normalized spacial score (nSPS) is 12.7. The van der Waals surface area contributed by atoms with Crippen molar-refractivity contribution in [3.8, 4) is 11.5 Å². The highest BCUT2D eigenvalue weighted by atomic mass is 32.1. The molecule has 0 saturated carbocycles. The minimum atomic E-state index is -0.806. The quantitative estimate of drug-likeness (QED) is 0.0709. The summed E-state index contributed by atoms with van der Waals surface area (Å²) in [7, 11) is 3.15. The molecule has 1 fully saturated rings. The molecule has 0 atom stereocenters. The number of furan rings is 1. The zero-order valence-corrected chi connectivity index (χ0v) is 49.2. The number of methoxy groups -OCH3 is 2. The van der Waals surface area contributed by atoms with Gasteiger partial charge in [-0.1, -0.05) is 171 Å². The third-order valence-corrected chi connectivity index (χ3v) is 12.7. The molecule has 0 bridgehead atoms. The maximum atomic E-state index is 11.8. The van der Waals surface area contributed by atoms with Gasteiger partial charge in [0, 0.05) is 82.8 Å². The number of aliphatic carboxylic acids is 1. The second-order valence-electron chi connectivity index (χ2n) is 21.9. The molecule has 2 aromatic carbocycles. The van der Waals surface area contributed by atoms with Crippen LogP contribution in [0.15, 0.2) is 71.3 Å². The van der Waals surface area contributed by atoms with Gasteiger partial charge < -0.3 is 50.3 Å². The first-order valence-electron chi connectivity index (χ1n) is 24.0. The van der Waals surface area contributed by atoms with Crippen molar-refractivity contribution < 1.29 is 33.3 Å². The number of carbonyl (C=O) groups excluding carboxylic acids is 1. The Hall–Kier alpha value is -4.26. The number of thiocarbonyl (C=S) groups is 4. The van der Waals surface area contributed by atoms with E-state index in [2.05, 4.69) is 93.8 Å². The predicted molar refractivity (Wildman–Crippen MR) is 312 cm³/mol. The van der Waals surface area contributed by atoms with Crippen molar-refractivity contribution in [2.24, 2.45) is 27.1 Å². The van der Waals surface area contributed by atoms with Gasteiger partial charge >= 0.3 is 5.97 Å². The van der Waals surface area contributed by atoms with Crippen molar-refractivity contribution in [2.75, 3.05) is 70.8 Å². The molecular formula is C54H88N6O7S4. The number of para-hydroxylation sites is 1. The molecule has 1 aliphatic heterocycles. The van der Waals surface area contributed by atoms with Crippen LogP contribution in [0.4, 0.5) is 11.4 Å². The van der Waals surface area contributed by atoms with Gasteiger partial charge in [-0.3, -0.25) is 14.5 Å². The summed E-state index contributed by atoms with van der Waals surface area (Å²) in [6.07, 6.45) is 2.92. The Bertz CT molecular complexity index is 2020. The van der Waals surface area contributed by atoms with Crippen molar-refractivity contribution in [1.29, 1.82) is 0 Å². The number of ether oxygens (including phenoxy) is 3. The topological polar surface area (TPSA) is 159 Å². The lowest BCUT2D eigenvalue weighted by atomic mass is 9.95. The first kappa shape index (κ1) is 66.7. The number of carbonyl (C=O) groups is 2. The van der Waals surface area contributed by atoms with E-state index in [1.54, 1.807) is 38.7 Å². The highest BCUT2D eigenvalue weighted by molar-refractivity contribution is 7.81. The number of anilines is 2. The summed E-state index contributed by atoms with van der Waals surface area (Å²) in [4.78, 5) is 27.9. The zero-order chi connectivity index (χ0) is 54.6. The van der Waals surface area contributed by atoms with E-state index < -0.39 is 11.4 Å². The molecule has 1 saturated heterocycles. The first-order chi connectivity index (χ1) is 32.7. The molecule has 17 heteroatoms. The van der Waals surface area contributed by atoms with Crippen molar-refractivity contribution in [1.82, 2.24) is 20.9 Å². The highest BCUT2D eigenvalue weighted by Crippen LogP contribution is 2.27. The molecule has 0 radical (unpaired) electrons. The number of nitrogens with zero attached hydrogens (tertiary/aromatic N) is 1. The third kappa shape index (κ3) is 32.4. The van der Waals surface area contributed by atoms with Crippen LogP contribution in [-0.2, 0) is 20.9 Å². The number of hydrogen-bond acceptors (Lipinski definition) is 11. The van der Waals surface area contributed by atoms with Gasteiger partial charge in [0.1, 0.15) is 17.3 Å². The van der Waals surface area contributed by atoms with Crippen LogP contribution in [0.25, 0.3) is 0 Å². The van der Waals surface area contributed by atoms with E-state index in [1.807, 2.05) is 84.0 Å². The Morgan fingerprint density at radius 1 is 0.606 bits per heavy atom. The molecule has 4 rings (SSSR count). The molecule has 13 nitrogen and oxygen atoms in total. The second-order valence-corrected chi connectivity index (χ2v) is 23.5. The lowest BCUT2D eigenvalue weighted by molar-refractivity contribution is -0.136. The lowest BCUT2D eigenvalue weighted by Gasteiger charge is -2.27. The zero-order valence-electron chi connectivity index (χ0n) is 45.9. The van der Waals surface area contributed by atoms with Gasteiger partial charge in [-0.2, -0.15) is 0 Å². The molecule has 1 aliphatic rings. The number of benzene rings is 2. The van der Waals surface area contributed by atoms with Crippen LogP contribution in [0, 0.1) is 27.1 Å². The second kappa shape index (κ2) is 32.7. The number of carboxylic acid groups (broad SMARTS) is 1. The first-order valence-corrected chi connectivity index (χ1v) is 25.6. The summed E-state index contributed by atoms with van der Waals surface area (Å²) in [6, 6.07) is 19.1. The van der Waals surface area contributed by atoms with Crippen molar-refractivity contribution in [3.63, 3.8) is 0 Å². The van der Waals surface area contributed by atoms with E-state index in [1.165, 1.54) is 0 Å². The van der Waals surface area contributed by atoms with Gasteiger partial charge in [0.25, 0.3) is 0 Å². The standard InChI is InChI=1S/C13H19NO3.C12H24N2OS.C11H15NS.C10H15NOS.C8H15NO2S/c1-13(2,3)12(15)14-9-6-10(16-4)8-11(7-9)17-5;1-12(2,3)11(16)13-5-4-6-14-7-9-15-10-8-14;1-11(2,3)10(13)12-9-7-5-4-6-8-9;1-10(2,3)9(13)11-7-8-5-4-6-12-8;1-8(2,3)7(12)9-5-4-6(10)11/h6-8H,1-5H3,(H,14,15);4-10H2,1-3H3,(H,13,16);4-8H,1-3H3,(H,12,13);4-6H,7H2,1-3H3,(H,11,13);4-5H2,1-3H3,(H,9,12)(H,10,11). The number of carboxylic acids is 1. The molecule has 0 aliphatic carbocycles. The number of morpholine rings is 1. The van der Waals surface area contributed by atoms with Gasteiger partial charge in [0.15, 0.2) is 0 Å². The van der Waals surface area contributed by atoms with E-state index in [9.17, 15) is 9.59 Å². The number of rotatable bonds is 13. The third-order valence-electron chi connectivity index (χ3n) is 9.71. The minimum absolute atomic E-state index is 0.0297. The van der Waals surface area contributed by atoms with E-state index in [4.69, 9.17) is 72.6 Å². The Balaban J connectivity index is 0.000000868. The number of hydrogen-bond donors (Lipinski definition) is 6. The fraction of sp³-hybridized carbons (Fsp3) is 0.593. The number of amides is 1. The van der Waals surface area contributed by atoms with Gasteiger partial charge in [-0.05, 0) is 37.2 Å². The molecule has 2 heterocycles. The fourth-order valence-corrected chi connectivity index (χ4v) is 5.42. The van der Waals surface area contributed by atoms with Gasteiger partial charge in [0.2, 0.25) is 5.91 Å². The highest BCUT2D eigenvalue weighted by Gasteiger charge is 2.22. The van der Waals surface area contributed by atoms with E-state index in [-0.39, 0.29) is 34.0 Å². The van der Waals surface area contributed by atoms with Crippen molar-refractivity contribution in [2.45, 2.75) is 123 Å².